The van der Waals surface area contributed by atoms with Crippen LogP contribution >= 0.6 is 0 Å². The largest absolute Gasteiger partial charge is 0.493 e. The van der Waals surface area contributed by atoms with Gasteiger partial charge in [-0.2, -0.15) is 0 Å². The first-order chi connectivity index (χ1) is 8.34. The van der Waals surface area contributed by atoms with Crippen LogP contribution in [-0.4, -0.2) is 11.7 Å². The van der Waals surface area contributed by atoms with Gasteiger partial charge in [0.25, 0.3) is 0 Å². The Kier molecular flexibility index (Phi) is 2.89. The Morgan fingerprint density at radius 3 is 2.94 bits per heavy atom. The van der Waals surface area contributed by atoms with Gasteiger partial charge >= 0.3 is 0 Å². The Balaban J connectivity index is 1.86. The minimum absolute atomic E-state index is 0.416. The van der Waals surface area contributed by atoms with Crippen molar-refractivity contribution in [2.24, 2.45) is 0 Å². The van der Waals surface area contributed by atoms with Crippen LogP contribution in [0.2, 0.25) is 0 Å². The molecule has 0 bridgehead atoms. The Labute approximate surface area is 102 Å². The summed E-state index contributed by atoms with van der Waals surface area (Å²) in [5.41, 5.74) is 3.44. The van der Waals surface area contributed by atoms with Crippen molar-refractivity contribution in [2.45, 2.75) is 38.2 Å². The first-order valence-corrected chi connectivity index (χ1v) is 6.47. The highest BCUT2D eigenvalue weighted by Gasteiger charge is 2.18. The van der Waals surface area contributed by atoms with Gasteiger partial charge in [-0.1, -0.05) is 12.1 Å². The quantitative estimate of drug-likeness (QED) is 0.791. The molecule has 1 aromatic carbocycles. The fraction of sp³-hybridized carbons (Fsp3) is 0.467. The monoisotopic (exact) mass is 230 g/mol. The third kappa shape index (κ3) is 2.09. The smallest absolute Gasteiger partial charge is 0.122 e. The van der Waals surface area contributed by atoms with Gasteiger partial charge in [-0.25, -0.2) is 0 Å². The maximum Gasteiger partial charge on any atom is 0.122 e. The van der Waals surface area contributed by atoms with Crippen molar-refractivity contribution in [1.82, 2.24) is 0 Å². The molecule has 0 fully saturated rings. The first-order valence-electron chi connectivity index (χ1n) is 6.47. The number of hydrogen-bond acceptors (Lipinski definition) is 2. The molecule has 1 atom stereocenters. The molecule has 0 spiro atoms. The number of hydrogen-bond donors (Lipinski definition) is 1. The SMILES string of the molecule is OC(C1=CCCCC1)c1ccc2c(c1)CCO2. The van der Waals surface area contributed by atoms with Crippen molar-refractivity contribution in [2.75, 3.05) is 6.61 Å². The van der Waals surface area contributed by atoms with Gasteiger partial charge in [0.1, 0.15) is 11.9 Å². The van der Waals surface area contributed by atoms with Crippen molar-refractivity contribution in [3.63, 3.8) is 0 Å². The Morgan fingerprint density at radius 1 is 1.18 bits per heavy atom. The van der Waals surface area contributed by atoms with Gasteiger partial charge in [0.2, 0.25) is 0 Å². The summed E-state index contributed by atoms with van der Waals surface area (Å²) in [5, 5.41) is 10.4. The number of aliphatic hydroxyl groups is 1. The van der Waals surface area contributed by atoms with Crippen LogP contribution in [0.5, 0.6) is 5.75 Å². The lowest BCUT2D eigenvalue weighted by molar-refractivity contribution is 0.208. The van der Waals surface area contributed by atoms with Crippen molar-refractivity contribution in [3.05, 3.63) is 41.0 Å². The van der Waals surface area contributed by atoms with E-state index < -0.39 is 6.10 Å². The van der Waals surface area contributed by atoms with Gasteiger partial charge in [-0.3, -0.25) is 0 Å². The normalized spacial score (nSPS) is 20.4. The zero-order valence-electron chi connectivity index (χ0n) is 9.98. The number of benzene rings is 1. The zero-order chi connectivity index (χ0) is 11.7. The van der Waals surface area contributed by atoms with Crippen molar-refractivity contribution in [1.29, 1.82) is 0 Å². The summed E-state index contributed by atoms with van der Waals surface area (Å²) in [6.45, 7) is 0.775. The highest BCUT2D eigenvalue weighted by molar-refractivity contribution is 5.42. The number of aliphatic hydroxyl groups excluding tert-OH is 1. The molecule has 2 nitrogen and oxygen atoms in total. The lowest BCUT2D eigenvalue weighted by Gasteiger charge is -2.19. The van der Waals surface area contributed by atoms with Crippen molar-refractivity contribution in [3.8, 4) is 5.75 Å². The fourth-order valence-electron chi connectivity index (χ4n) is 2.70. The minimum Gasteiger partial charge on any atom is -0.493 e. The standard InChI is InChI=1S/C15H18O2/c16-15(11-4-2-1-3-5-11)13-6-7-14-12(10-13)8-9-17-14/h4,6-7,10,15-16H,1-3,5,8-9H2. The highest BCUT2D eigenvalue weighted by Crippen LogP contribution is 2.33. The Bertz CT molecular complexity index is 448. The molecule has 3 rings (SSSR count). The van der Waals surface area contributed by atoms with Crippen LogP contribution in [-0.2, 0) is 6.42 Å². The van der Waals surface area contributed by atoms with Crippen LogP contribution < -0.4 is 4.74 Å². The average molecular weight is 230 g/mol. The summed E-state index contributed by atoms with van der Waals surface area (Å²) in [6.07, 6.45) is 7.37. The van der Waals surface area contributed by atoms with Gasteiger partial charge in [0.15, 0.2) is 0 Å². The summed E-state index contributed by atoms with van der Waals surface area (Å²) < 4.78 is 5.48. The second-order valence-corrected chi connectivity index (χ2v) is 4.89. The second kappa shape index (κ2) is 4.53. The van der Waals surface area contributed by atoms with E-state index in [0.29, 0.717) is 0 Å². The lowest BCUT2D eigenvalue weighted by Crippen LogP contribution is -2.05. The van der Waals surface area contributed by atoms with Crippen LogP contribution in [0.3, 0.4) is 0 Å². The van der Waals surface area contributed by atoms with E-state index >= 15 is 0 Å². The third-order valence-corrected chi connectivity index (χ3v) is 3.71. The summed E-state index contributed by atoms with van der Waals surface area (Å²) in [5.74, 6) is 0.985. The van der Waals surface area contributed by atoms with E-state index in [4.69, 9.17) is 4.74 Å². The predicted molar refractivity (Wildman–Crippen MR) is 67.2 cm³/mol. The maximum absolute atomic E-state index is 10.4. The molecule has 0 amide bonds. The molecule has 0 saturated heterocycles. The molecule has 2 heteroatoms. The molecular formula is C15H18O2. The molecule has 2 aliphatic rings. The maximum atomic E-state index is 10.4. The van der Waals surface area contributed by atoms with Crippen molar-refractivity contribution >= 4 is 0 Å². The van der Waals surface area contributed by atoms with Crippen LogP contribution in [0.15, 0.2) is 29.8 Å². The molecule has 90 valence electrons. The van der Waals surface area contributed by atoms with Gasteiger partial charge in [0.05, 0.1) is 6.61 Å². The summed E-state index contributed by atoms with van der Waals surface area (Å²) in [6, 6.07) is 6.08. The van der Waals surface area contributed by atoms with E-state index in [1.807, 2.05) is 12.1 Å². The molecule has 17 heavy (non-hydrogen) atoms. The molecule has 1 N–H and O–H groups in total. The van der Waals surface area contributed by atoms with E-state index in [0.717, 1.165) is 37.2 Å². The Morgan fingerprint density at radius 2 is 2.12 bits per heavy atom. The van der Waals surface area contributed by atoms with Gasteiger partial charge in [-0.15, -0.1) is 0 Å². The number of allylic oxidation sites excluding steroid dienone is 1. The van der Waals surface area contributed by atoms with Gasteiger partial charge in [-0.05, 0) is 54.5 Å². The average Bonchev–Trinajstić information content (AvgIpc) is 2.86. The van der Waals surface area contributed by atoms with Gasteiger partial charge in [0, 0.05) is 6.42 Å². The van der Waals surface area contributed by atoms with Crippen LogP contribution in [0, 0.1) is 0 Å². The van der Waals surface area contributed by atoms with E-state index in [-0.39, 0.29) is 0 Å². The van der Waals surface area contributed by atoms with E-state index in [2.05, 4.69) is 12.1 Å². The molecule has 1 aliphatic heterocycles. The summed E-state index contributed by atoms with van der Waals surface area (Å²) >= 11 is 0. The zero-order valence-corrected chi connectivity index (χ0v) is 9.98. The van der Waals surface area contributed by atoms with Crippen LogP contribution in [0.1, 0.15) is 42.9 Å². The highest BCUT2D eigenvalue weighted by atomic mass is 16.5. The van der Waals surface area contributed by atoms with Crippen LogP contribution in [0.4, 0.5) is 0 Å². The molecule has 1 heterocycles. The molecule has 0 saturated carbocycles. The van der Waals surface area contributed by atoms with Crippen LogP contribution in [0.25, 0.3) is 0 Å². The van der Waals surface area contributed by atoms with E-state index in [1.54, 1.807) is 0 Å². The van der Waals surface area contributed by atoms with Gasteiger partial charge < -0.3 is 9.84 Å². The van der Waals surface area contributed by atoms with Crippen molar-refractivity contribution < 1.29 is 9.84 Å². The predicted octanol–water partition coefficient (Wildman–Crippen LogP) is 3.16. The molecule has 1 aromatic rings. The lowest BCUT2D eigenvalue weighted by atomic mass is 9.91. The van der Waals surface area contributed by atoms with E-state index in [1.165, 1.54) is 24.0 Å². The summed E-state index contributed by atoms with van der Waals surface area (Å²) in [7, 11) is 0. The Hall–Kier alpha value is -1.28. The third-order valence-electron chi connectivity index (χ3n) is 3.71. The number of fused-ring (bicyclic) bond motifs is 1. The summed E-state index contributed by atoms with van der Waals surface area (Å²) in [4.78, 5) is 0. The topological polar surface area (TPSA) is 29.5 Å². The second-order valence-electron chi connectivity index (χ2n) is 4.89. The number of rotatable bonds is 2. The molecule has 0 aromatic heterocycles. The minimum atomic E-state index is -0.416. The van der Waals surface area contributed by atoms with E-state index in [9.17, 15) is 5.11 Å². The molecule has 1 aliphatic carbocycles. The molecule has 0 radical (unpaired) electrons. The fourth-order valence-corrected chi connectivity index (χ4v) is 2.70. The molecular weight excluding hydrogens is 212 g/mol. The number of ether oxygens (including phenoxy) is 1. The molecule has 1 unspecified atom stereocenters. The first kappa shape index (κ1) is 10.8.